The second kappa shape index (κ2) is 8.15. The van der Waals surface area contributed by atoms with E-state index in [1.54, 1.807) is 6.07 Å². The third-order valence-corrected chi connectivity index (χ3v) is 4.58. The van der Waals surface area contributed by atoms with E-state index in [-0.39, 0.29) is 11.7 Å². The standard InChI is InChI=1S/C23H28FN/c1-15(2)8-7-9-17(4)23-18(5)22(25-6)13-11-19(23)20-14-16(3)10-12-21(20)24/h7-8,10-14,17,25H,1,9H2,2-6H3/b8-7+. The molecule has 0 spiro atoms. The number of anilines is 1. The second-order valence-electron chi connectivity index (χ2n) is 6.82. The highest BCUT2D eigenvalue weighted by Crippen LogP contribution is 2.38. The van der Waals surface area contributed by atoms with Gasteiger partial charge in [0.2, 0.25) is 0 Å². The fraction of sp³-hybridized carbons (Fsp3) is 0.304. The molecule has 0 saturated carbocycles. The molecule has 1 nitrogen and oxygen atoms in total. The van der Waals surface area contributed by atoms with E-state index in [4.69, 9.17) is 0 Å². The van der Waals surface area contributed by atoms with Gasteiger partial charge in [0.25, 0.3) is 0 Å². The third kappa shape index (κ3) is 4.39. The topological polar surface area (TPSA) is 12.0 Å². The van der Waals surface area contributed by atoms with E-state index in [0.717, 1.165) is 28.8 Å². The van der Waals surface area contributed by atoms with E-state index >= 15 is 0 Å². The Bertz CT molecular complexity index is 802. The minimum atomic E-state index is -0.173. The molecule has 1 atom stereocenters. The lowest BCUT2D eigenvalue weighted by Gasteiger charge is -2.21. The number of nitrogens with one attached hydrogen (secondary N) is 1. The van der Waals surface area contributed by atoms with E-state index in [2.05, 4.69) is 31.8 Å². The summed E-state index contributed by atoms with van der Waals surface area (Å²) in [5.74, 6) is 0.104. The second-order valence-corrected chi connectivity index (χ2v) is 6.82. The Morgan fingerprint density at radius 2 is 1.92 bits per heavy atom. The highest BCUT2D eigenvalue weighted by Gasteiger charge is 2.18. The largest absolute Gasteiger partial charge is 0.388 e. The molecule has 2 aromatic carbocycles. The molecule has 2 heteroatoms. The molecule has 0 bridgehead atoms. The van der Waals surface area contributed by atoms with E-state index in [1.165, 1.54) is 11.1 Å². The Kier molecular flexibility index (Phi) is 6.19. The van der Waals surface area contributed by atoms with Crippen molar-refractivity contribution < 1.29 is 4.39 Å². The number of aryl methyl sites for hydroxylation is 1. The molecule has 0 saturated heterocycles. The van der Waals surface area contributed by atoms with Gasteiger partial charge >= 0.3 is 0 Å². The van der Waals surface area contributed by atoms with Crippen molar-refractivity contribution in [1.82, 2.24) is 0 Å². The number of hydrogen-bond acceptors (Lipinski definition) is 1. The van der Waals surface area contributed by atoms with Crippen LogP contribution in [0.4, 0.5) is 10.1 Å². The third-order valence-electron chi connectivity index (χ3n) is 4.58. The smallest absolute Gasteiger partial charge is 0.131 e. The van der Waals surface area contributed by atoms with Crippen molar-refractivity contribution in [3.05, 3.63) is 77.1 Å². The van der Waals surface area contributed by atoms with Crippen LogP contribution in [0.15, 0.2) is 54.6 Å². The molecule has 0 aliphatic carbocycles. The van der Waals surface area contributed by atoms with Gasteiger partial charge in [-0.2, -0.15) is 0 Å². The summed E-state index contributed by atoms with van der Waals surface area (Å²) in [6.45, 7) is 12.2. The molecule has 132 valence electrons. The molecule has 0 amide bonds. The zero-order valence-electron chi connectivity index (χ0n) is 15.9. The van der Waals surface area contributed by atoms with Crippen LogP contribution in [0.2, 0.25) is 0 Å². The monoisotopic (exact) mass is 337 g/mol. The summed E-state index contributed by atoms with van der Waals surface area (Å²) in [6, 6.07) is 9.37. The number of benzene rings is 2. The van der Waals surface area contributed by atoms with Gasteiger partial charge in [0, 0.05) is 18.3 Å². The SMILES string of the molecule is C=C(C)/C=C/CC(C)c1c(-c2cc(C)ccc2F)ccc(NC)c1C. The van der Waals surface area contributed by atoms with Crippen LogP contribution in [-0.4, -0.2) is 7.05 Å². The van der Waals surface area contributed by atoms with Crippen molar-refractivity contribution in [1.29, 1.82) is 0 Å². The van der Waals surface area contributed by atoms with Crippen molar-refractivity contribution in [3.8, 4) is 11.1 Å². The van der Waals surface area contributed by atoms with Crippen LogP contribution in [0.5, 0.6) is 0 Å². The van der Waals surface area contributed by atoms with E-state index < -0.39 is 0 Å². The molecule has 0 aliphatic heterocycles. The van der Waals surface area contributed by atoms with Crippen molar-refractivity contribution in [2.75, 3.05) is 12.4 Å². The Balaban J connectivity index is 2.58. The quantitative estimate of drug-likeness (QED) is 0.573. The summed E-state index contributed by atoms with van der Waals surface area (Å²) < 4.78 is 14.5. The molecule has 1 N–H and O–H groups in total. The first-order valence-electron chi connectivity index (χ1n) is 8.75. The van der Waals surface area contributed by atoms with Gasteiger partial charge in [-0.05, 0) is 68.0 Å². The molecule has 25 heavy (non-hydrogen) atoms. The minimum Gasteiger partial charge on any atom is -0.388 e. The maximum Gasteiger partial charge on any atom is 0.131 e. The van der Waals surface area contributed by atoms with Crippen LogP contribution >= 0.6 is 0 Å². The summed E-state index contributed by atoms with van der Waals surface area (Å²) >= 11 is 0. The minimum absolute atomic E-state index is 0.173. The molecule has 0 radical (unpaired) electrons. The molecule has 0 heterocycles. The van der Waals surface area contributed by atoms with E-state index in [0.29, 0.717) is 5.56 Å². The Morgan fingerprint density at radius 3 is 2.56 bits per heavy atom. The molecule has 0 fully saturated rings. The number of halogens is 1. The molecular formula is C23H28FN. The van der Waals surface area contributed by atoms with Gasteiger partial charge in [-0.3, -0.25) is 0 Å². The van der Waals surface area contributed by atoms with Crippen molar-refractivity contribution in [2.45, 2.75) is 40.0 Å². The van der Waals surface area contributed by atoms with Gasteiger partial charge in [-0.1, -0.05) is 48.9 Å². The lowest BCUT2D eigenvalue weighted by Crippen LogP contribution is -2.04. The predicted molar refractivity (Wildman–Crippen MR) is 108 cm³/mol. The van der Waals surface area contributed by atoms with Crippen LogP contribution in [0.25, 0.3) is 11.1 Å². The summed E-state index contributed by atoms with van der Waals surface area (Å²) in [5.41, 5.74) is 7.22. The zero-order chi connectivity index (χ0) is 18.6. The maximum absolute atomic E-state index is 14.5. The first kappa shape index (κ1) is 19.0. The highest BCUT2D eigenvalue weighted by atomic mass is 19.1. The fourth-order valence-electron chi connectivity index (χ4n) is 3.31. The van der Waals surface area contributed by atoms with Gasteiger partial charge in [0.05, 0.1) is 0 Å². The number of hydrogen-bond donors (Lipinski definition) is 1. The van der Waals surface area contributed by atoms with Crippen LogP contribution in [0.3, 0.4) is 0 Å². The lowest BCUT2D eigenvalue weighted by atomic mass is 9.85. The Labute approximate surface area is 151 Å². The normalized spacial score (nSPS) is 12.4. The van der Waals surface area contributed by atoms with Crippen molar-refractivity contribution in [2.24, 2.45) is 0 Å². The predicted octanol–water partition coefficient (Wildman–Crippen LogP) is 6.78. The number of rotatable bonds is 6. The lowest BCUT2D eigenvalue weighted by molar-refractivity contribution is 0.630. The van der Waals surface area contributed by atoms with Crippen LogP contribution in [0, 0.1) is 19.7 Å². The molecule has 2 aromatic rings. The first-order valence-corrected chi connectivity index (χ1v) is 8.75. The van der Waals surface area contributed by atoms with Gasteiger partial charge in [0.15, 0.2) is 0 Å². The van der Waals surface area contributed by atoms with Crippen LogP contribution in [-0.2, 0) is 0 Å². The van der Waals surface area contributed by atoms with Crippen molar-refractivity contribution >= 4 is 5.69 Å². The molecule has 2 rings (SSSR count). The summed E-state index contributed by atoms with van der Waals surface area (Å²) in [4.78, 5) is 0. The Hall–Kier alpha value is -2.35. The zero-order valence-corrected chi connectivity index (χ0v) is 15.9. The molecule has 0 aliphatic rings. The average Bonchev–Trinajstić information content (AvgIpc) is 2.56. The average molecular weight is 337 g/mol. The first-order chi connectivity index (χ1) is 11.8. The molecular weight excluding hydrogens is 309 g/mol. The summed E-state index contributed by atoms with van der Waals surface area (Å²) in [7, 11) is 1.92. The Morgan fingerprint density at radius 1 is 1.20 bits per heavy atom. The van der Waals surface area contributed by atoms with Gasteiger partial charge in [-0.25, -0.2) is 4.39 Å². The van der Waals surface area contributed by atoms with Crippen LogP contribution in [0.1, 0.15) is 42.9 Å². The van der Waals surface area contributed by atoms with Crippen molar-refractivity contribution in [3.63, 3.8) is 0 Å². The molecule has 0 aromatic heterocycles. The highest BCUT2D eigenvalue weighted by molar-refractivity contribution is 5.75. The van der Waals surface area contributed by atoms with Crippen LogP contribution < -0.4 is 5.32 Å². The van der Waals surface area contributed by atoms with Gasteiger partial charge in [-0.15, -0.1) is 0 Å². The summed E-state index contributed by atoms with van der Waals surface area (Å²) in [6.07, 6.45) is 5.08. The maximum atomic E-state index is 14.5. The van der Waals surface area contributed by atoms with Gasteiger partial charge < -0.3 is 5.32 Å². The van der Waals surface area contributed by atoms with Gasteiger partial charge in [0.1, 0.15) is 5.82 Å². The molecule has 1 unspecified atom stereocenters. The summed E-state index contributed by atoms with van der Waals surface area (Å²) in [5, 5.41) is 3.24. The number of allylic oxidation sites excluding steroid dienone is 3. The van der Waals surface area contributed by atoms with E-state index in [9.17, 15) is 4.39 Å². The van der Waals surface area contributed by atoms with E-state index in [1.807, 2.05) is 51.2 Å². The fourth-order valence-corrected chi connectivity index (χ4v) is 3.31.